The van der Waals surface area contributed by atoms with Gasteiger partial charge in [-0.1, -0.05) is 24.1 Å². The number of aryl methyl sites for hydroxylation is 2. The van der Waals surface area contributed by atoms with E-state index >= 15 is 0 Å². The van der Waals surface area contributed by atoms with Crippen LogP contribution in [0.3, 0.4) is 0 Å². The topological polar surface area (TPSA) is 72.2 Å². The van der Waals surface area contributed by atoms with E-state index in [1.807, 2.05) is 26.0 Å². The zero-order chi connectivity index (χ0) is 18.3. The quantitative estimate of drug-likeness (QED) is 0.661. The molecule has 5 nitrogen and oxygen atoms in total. The summed E-state index contributed by atoms with van der Waals surface area (Å²) in [7, 11) is -3.63. The molecule has 2 heterocycles. The maximum Gasteiger partial charge on any atom is 0.271 e. The van der Waals surface area contributed by atoms with Crippen LogP contribution in [0.15, 0.2) is 45.2 Å². The molecule has 0 aliphatic heterocycles. The van der Waals surface area contributed by atoms with Crippen molar-refractivity contribution < 1.29 is 12.8 Å². The van der Waals surface area contributed by atoms with Gasteiger partial charge in [-0.2, -0.15) is 0 Å². The minimum Gasteiger partial charge on any atom is -0.440 e. The first-order valence-electron chi connectivity index (χ1n) is 8.58. The van der Waals surface area contributed by atoms with Gasteiger partial charge >= 0.3 is 0 Å². The highest BCUT2D eigenvalue weighted by Crippen LogP contribution is 2.39. The maximum absolute atomic E-state index is 12.7. The van der Waals surface area contributed by atoms with Gasteiger partial charge in [-0.15, -0.1) is 11.3 Å². The van der Waals surface area contributed by atoms with Gasteiger partial charge in [0.2, 0.25) is 0 Å². The number of anilines is 1. The maximum atomic E-state index is 12.7. The fourth-order valence-corrected chi connectivity index (χ4v) is 5.35. The fourth-order valence-electron chi connectivity index (χ4n) is 2.97. The summed E-state index contributed by atoms with van der Waals surface area (Å²) in [5.41, 5.74) is 2.58. The van der Waals surface area contributed by atoms with Gasteiger partial charge in [0.25, 0.3) is 10.0 Å². The summed E-state index contributed by atoms with van der Waals surface area (Å²) in [4.78, 5) is 5.12. The molecule has 0 bridgehead atoms. The van der Waals surface area contributed by atoms with E-state index < -0.39 is 10.0 Å². The van der Waals surface area contributed by atoms with Crippen LogP contribution in [0.5, 0.6) is 0 Å². The van der Waals surface area contributed by atoms with E-state index in [1.165, 1.54) is 17.8 Å². The Morgan fingerprint density at radius 2 is 2.00 bits per heavy atom. The summed E-state index contributed by atoms with van der Waals surface area (Å²) < 4.78 is 34.2. The largest absolute Gasteiger partial charge is 0.440 e. The minimum atomic E-state index is -3.63. The van der Waals surface area contributed by atoms with Crippen molar-refractivity contribution in [2.75, 3.05) is 4.72 Å². The Kier molecular flexibility index (Phi) is 4.36. The van der Waals surface area contributed by atoms with Crippen LogP contribution in [0, 0.1) is 13.8 Å². The monoisotopic (exact) mass is 388 g/mol. The van der Waals surface area contributed by atoms with Gasteiger partial charge in [0.15, 0.2) is 11.7 Å². The molecule has 1 aliphatic carbocycles. The summed E-state index contributed by atoms with van der Waals surface area (Å²) in [5.74, 6) is 1.81. The zero-order valence-electron chi connectivity index (χ0n) is 14.7. The Bertz CT molecular complexity index is 1050. The molecule has 3 aromatic rings. The molecule has 0 atom stereocenters. The van der Waals surface area contributed by atoms with Crippen LogP contribution in [-0.4, -0.2) is 13.4 Å². The first-order chi connectivity index (χ1) is 12.4. The van der Waals surface area contributed by atoms with E-state index in [9.17, 15) is 8.42 Å². The highest BCUT2D eigenvalue weighted by Gasteiger charge is 2.25. The number of aromatic nitrogens is 1. The van der Waals surface area contributed by atoms with Crippen molar-refractivity contribution in [2.24, 2.45) is 0 Å². The van der Waals surface area contributed by atoms with E-state index in [1.54, 1.807) is 24.4 Å². The SMILES string of the molecule is Cc1ccc(NS(=O)(=O)c2ccc(-c3cnc(C4CCC4)o3)s2)c(C)c1. The van der Waals surface area contributed by atoms with Crippen LogP contribution in [0.25, 0.3) is 10.6 Å². The second kappa shape index (κ2) is 6.55. The Balaban J connectivity index is 1.57. The van der Waals surface area contributed by atoms with Gasteiger partial charge in [-0.05, 0) is 50.5 Å². The van der Waals surface area contributed by atoms with Gasteiger partial charge in [0, 0.05) is 5.92 Å². The summed E-state index contributed by atoms with van der Waals surface area (Å²) in [5, 5.41) is 0. The molecular weight excluding hydrogens is 368 g/mol. The smallest absolute Gasteiger partial charge is 0.271 e. The molecule has 0 unspecified atom stereocenters. The van der Waals surface area contributed by atoms with Crippen molar-refractivity contribution >= 4 is 27.0 Å². The molecule has 0 saturated heterocycles. The second-order valence-corrected chi connectivity index (χ2v) is 9.73. The fraction of sp³-hybridized carbons (Fsp3) is 0.316. The van der Waals surface area contributed by atoms with Gasteiger partial charge in [-0.3, -0.25) is 4.72 Å². The van der Waals surface area contributed by atoms with Gasteiger partial charge in [0.1, 0.15) is 4.21 Å². The number of hydrogen-bond donors (Lipinski definition) is 1. The molecule has 1 fully saturated rings. The summed E-state index contributed by atoms with van der Waals surface area (Å²) >= 11 is 1.19. The minimum absolute atomic E-state index is 0.258. The molecule has 7 heteroatoms. The third-order valence-corrected chi connectivity index (χ3v) is 7.65. The Morgan fingerprint density at radius 3 is 2.69 bits per heavy atom. The molecule has 0 amide bonds. The number of thiophene rings is 1. The third-order valence-electron chi connectivity index (χ3n) is 4.69. The molecule has 4 rings (SSSR count). The van der Waals surface area contributed by atoms with Crippen LogP contribution in [0.2, 0.25) is 0 Å². The van der Waals surface area contributed by atoms with Gasteiger partial charge in [0.05, 0.1) is 16.8 Å². The summed E-state index contributed by atoms with van der Waals surface area (Å²) in [6.45, 7) is 3.87. The highest BCUT2D eigenvalue weighted by molar-refractivity contribution is 7.94. The molecule has 136 valence electrons. The lowest BCUT2D eigenvalue weighted by atomic mass is 9.85. The number of sulfonamides is 1. The van der Waals surface area contributed by atoms with Crippen molar-refractivity contribution in [3.8, 4) is 10.6 Å². The van der Waals surface area contributed by atoms with Crippen molar-refractivity contribution in [3.63, 3.8) is 0 Å². The molecule has 0 spiro atoms. The van der Waals surface area contributed by atoms with Crippen molar-refractivity contribution in [1.29, 1.82) is 0 Å². The number of nitrogens with one attached hydrogen (secondary N) is 1. The first kappa shape index (κ1) is 17.3. The lowest BCUT2D eigenvalue weighted by Gasteiger charge is -2.21. The van der Waals surface area contributed by atoms with Crippen molar-refractivity contribution in [2.45, 2.75) is 43.2 Å². The van der Waals surface area contributed by atoms with E-state index in [-0.39, 0.29) is 4.21 Å². The first-order valence-corrected chi connectivity index (χ1v) is 10.9. The van der Waals surface area contributed by atoms with Crippen LogP contribution in [-0.2, 0) is 10.0 Å². The number of nitrogens with zero attached hydrogens (tertiary/aromatic N) is 1. The van der Waals surface area contributed by atoms with E-state index in [0.29, 0.717) is 17.4 Å². The molecule has 26 heavy (non-hydrogen) atoms. The van der Waals surface area contributed by atoms with Crippen LogP contribution >= 0.6 is 11.3 Å². The molecule has 1 aromatic carbocycles. The normalized spacial score (nSPS) is 15.0. The molecule has 1 saturated carbocycles. The predicted octanol–water partition coefficient (Wildman–Crippen LogP) is 5.09. The molecule has 0 radical (unpaired) electrons. The number of oxazole rings is 1. The lowest BCUT2D eigenvalue weighted by Crippen LogP contribution is -2.12. The Morgan fingerprint density at radius 1 is 1.19 bits per heavy atom. The number of hydrogen-bond acceptors (Lipinski definition) is 5. The summed E-state index contributed by atoms with van der Waals surface area (Å²) in [6, 6.07) is 9.01. The second-order valence-electron chi connectivity index (χ2n) is 6.73. The van der Waals surface area contributed by atoms with Gasteiger partial charge < -0.3 is 4.42 Å². The zero-order valence-corrected chi connectivity index (χ0v) is 16.3. The Hall–Kier alpha value is -2.12. The van der Waals surface area contributed by atoms with Gasteiger partial charge in [-0.25, -0.2) is 13.4 Å². The van der Waals surface area contributed by atoms with E-state index in [2.05, 4.69) is 9.71 Å². The third kappa shape index (κ3) is 3.29. The molecule has 2 aromatic heterocycles. The van der Waals surface area contributed by atoms with Crippen molar-refractivity contribution in [1.82, 2.24) is 4.98 Å². The molecule has 1 N–H and O–H groups in total. The number of rotatable bonds is 5. The molecule has 1 aliphatic rings. The summed E-state index contributed by atoms with van der Waals surface area (Å²) in [6.07, 6.45) is 5.13. The van der Waals surface area contributed by atoms with Crippen LogP contribution in [0.1, 0.15) is 42.2 Å². The van der Waals surface area contributed by atoms with E-state index in [0.717, 1.165) is 34.7 Å². The van der Waals surface area contributed by atoms with E-state index in [4.69, 9.17) is 4.42 Å². The standard InChI is InChI=1S/C19H20N2O3S2/c1-12-6-7-15(13(2)10-12)21-26(22,23)18-9-8-17(25-18)16-11-20-19(24-16)14-4-3-5-14/h6-11,14,21H,3-5H2,1-2H3. The average molecular weight is 389 g/mol. The van der Waals surface area contributed by atoms with Crippen LogP contribution in [0.4, 0.5) is 5.69 Å². The lowest BCUT2D eigenvalue weighted by molar-refractivity contribution is 0.338. The Labute approximate surface area is 157 Å². The van der Waals surface area contributed by atoms with Crippen molar-refractivity contribution in [3.05, 3.63) is 53.5 Å². The average Bonchev–Trinajstić information content (AvgIpc) is 3.17. The van der Waals surface area contributed by atoms with Crippen LogP contribution < -0.4 is 4.72 Å². The highest BCUT2D eigenvalue weighted by atomic mass is 32.2. The predicted molar refractivity (Wildman–Crippen MR) is 103 cm³/mol. The number of benzene rings is 1. The molecular formula is C19H20N2O3S2.